The molecular formula is C15H25NO2S. The summed E-state index contributed by atoms with van der Waals surface area (Å²) in [5.41, 5.74) is 5.37. The molecule has 0 aliphatic carbocycles. The van der Waals surface area contributed by atoms with Crippen LogP contribution in [0.4, 0.5) is 0 Å². The Balaban J connectivity index is 2.46. The Morgan fingerprint density at radius 2 is 2.16 bits per heavy atom. The van der Waals surface area contributed by atoms with Crippen molar-refractivity contribution in [2.45, 2.75) is 57.9 Å². The highest BCUT2D eigenvalue weighted by Gasteiger charge is 2.17. The minimum Gasteiger partial charge on any atom is -0.394 e. The van der Waals surface area contributed by atoms with Gasteiger partial charge < -0.3 is 10.8 Å². The standard InChI is InChI=1S/C15H25NO2S/c1-3-4-5-6-13(18)14-8-7-12(19-14)9-10-15(2,16)11-17/h7-8,17H,3-6,9-11,16H2,1-2H3. The fourth-order valence-corrected chi connectivity index (χ4v) is 2.78. The summed E-state index contributed by atoms with van der Waals surface area (Å²) in [5.74, 6) is 0.252. The van der Waals surface area contributed by atoms with Crippen LogP contribution in [0.1, 0.15) is 60.5 Å². The lowest BCUT2D eigenvalue weighted by Crippen LogP contribution is -2.40. The number of Topliss-reactive ketones (excluding diaryl/α,β-unsaturated/α-hetero) is 1. The van der Waals surface area contributed by atoms with Crippen LogP contribution in [-0.4, -0.2) is 23.0 Å². The lowest BCUT2D eigenvalue weighted by molar-refractivity contribution is 0.0983. The maximum atomic E-state index is 11.9. The molecule has 4 heteroatoms. The van der Waals surface area contributed by atoms with Gasteiger partial charge in [0.05, 0.1) is 11.5 Å². The lowest BCUT2D eigenvalue weighted by atomic mass is 9.98. The van der Waals surface area contributed by atoms with Crippen LogP contribution in [0.3, 0.4) is 0 Å². The quantitative estimate of drug-likeness (QED) is 0.540. The first-order valence-corrected chi connectivity index (χ1v) is 7.82. The third-order valence-corrected chi connectivity index (χ3v) is 4.43. The summed E-state index contributed by atoms with van der Waals surface area (Å²) in [6, 6.07) is 3.92. The van der Waals surface area contributed by atoms with Gasteiger partial charge in [-0.3, -0.25) is 4.79 Å². The number of hydrogen-bond acceptors (Lipinski definition) is 4. The smallest absolute Gasteiger partial charge is 0.172 e. The largest absolute Gasteiger partial charge is 0.394 e. The molecule has 1 atom stereocenters. The maximum Gasteiger partial charge on any atom is 0.172 e. The fraction of sp³-hybridized carbons (Fsp3) is 0.667. The Morgan fingerprint density at radius 1 is 1.42 bits per heavy atom. The van der Waals surface area contributed by atoms with Crippen molar-refractivity contribution in [1.29, 1.82) is 0 Å². The van der Waals surface area contributed by atoms with Crippen LogP contribution < -0.4 is 5.73 Å². The summed E-state index contributed by atoms with van der Waals surface area (Å²) in [4.78, 5) is 14.0. The first kappa shape index (κ1) is 16.3. The molecule has 0 amide bonds. The molecule has 0 aromatic carbocycles. The normalized spacial score (nSPS) is 14.3. The number of carbonyl (C=O) groups is 1. The molecule has 1 rings (SSSR count). The van der Waals surface area contributed by atoms with Crippen molar-refractivity contribution in [2.75, 3.05) is 6.61 Å². The third kappa shape index (κ3) is 5.85. The molecule has 3 N–H and O–H groups in total. The van der Waals surface area contributed by atoms with Crippen LogP contribution in [-0.2, 0) is 6.42 Å². The Hall–Kier alpha value is -0.710. The topological polar surface area (TPSA) is 63.3 Å². The highest BCUT2D eigenvalue weighted by Crippen LogP contribution is 2.22. The van der Waals surface area contributed by atoms with Crippen molar-refractivity contribution in [3.05, 3.63) is 21.9 Å². The molecule has 0 saturated carbocycles. The number of aliphatic hydroxyl groups is 1. The molecule has 1 aromatic heterocycles. The first-order valence-electron chi connectivity index (χ1n) is 7.00. The van der Waals surface area contributed by atoms with Gasteiger partial charge in [0.15, 0.2) is 5.78 Å². The third-order valence-electron chi connectivity index (χ3n) is 3.25. The Kier molecular flexibility index (Phi) is 6.69. The summed E-state index contributed by atoms with van der Waals surface area (Å²) in [6.07, 6.45) is 5.44. The van der Waals surface area contributed by atoms with E-state index in [0.717, 1.165) is 37.0 Å². The minimum absolute atomic E-state index is 0.0127. The predicted octanol–water partition coefficient (Wildman–Crippen LogP) is 3.15. The van der Waals surface area contributed by atoms with Crippen molar-refractivity contribution >= 4 is 17.1 Å². The summed E-state index contributed by atoms with van der Waals surface area (Å²) in [5, 5.41) is 9.11. The van der Waals surface area contributed by atoms with Gasteiger partial charge in [0.1, 0.15) is 0 Å². The van der Waals surface area contributed by atoms with E-state index in [4.69, 9.17) is 10.8 Å². The second-order valence-electron chi connectivity index (χ2n) is 5.46. The number of aryl methyl sites for hydroxylation is 1. The van der Waals surface area contributed by atoms with E-state index in [1.54, 1.807) is 11.3 Å². The molecule has 0 aliphatic heterocycles. The van der Waals surface area contributed by atoms with Crippen molar-refractivity contribution in [3.8, 4) is 0 Å². The van der Waals surface area contributed by atoms with Crippen molar-refractivity contribution in [1.82, 2.24) is 0 Å². The van der Waals surface area contributed by atoms with E-state index in [1.807, 2.05) is 19.1 Å². The molecule has 0 spiro atoms. The Morgan fingerprint density at radius 3 is 2.79 bits per heavy atom. The number of thiophene rings is 1. The van der Waals surface area contributed by atoms with Gasteiger partial charge in [-0.25, -0.2) is 0 Å². The molecule has 108 valence electrons. The van der Waals surface area contributed by atoms with Gasteiger partial charge in [-0.2, -0.15) is 0 Å². The molecule has 0 radical (unpaired) electrons. The van der Waals surface area contributed by atoms with Crippen LogP contribution >= 0.6 is 11.3 Å². The van der Waals surface area contributed by atoms with E-state index in [9.17, 15) is 4.79 Å². The van der Waals surface area contributed by atoms with E-state index in [1.165, 1.54) is 4.88 Å². The van der Waals surface area contributed by atoms with Gasteiger partial charge in [-0.15, -0.1) is 11.3 Å². The van der Waals surface area contributed by atoms with Gasteiger partial charge in [0.2, 0.25) is 0 Å². The van der Waals surface area contributed by atoms with Gasteiger partial charge >= 0.3 is 0 Å². The zero-order valence-corrected chi connectivity index (χ0v) is 12.8. The summed E-state index contributed by atoms with van der Waals surface area (Å²) < 4.78 is 0. The van der Waals surface area contributed by atoms with Gasteiger partial charge in [0, 0.05) is 16.8 Å². The minimum atomic E-state index is -0.532. The van der Waals surface area contributed by atoms with Crippen LogP contribution in [0, 0.1) is 0 Å². The van der Waals surface area contributed by atoms with Crippen molar-refractivity contribution < 1.29 is 9.90 Å². The van der Waals surface area contributed by atoms with E-state index in [0.29, 0.717) is 6.42 Å². The molecule has 0 bridgehead atoms. The maximum absolute atomic E-state index is 11.9. The molecule has 0 saturated heterocycles. The molecular weight excluding hydrogens is 258 g/mol. The van der Waals surface area contributed by atoms with E-state index in [2.05, 4.69) is 6.92 Å². The molecule has 1 heterocycles. The lowest BCUT2D eigenvalue weighted by Gasteiger charge is -2.20. The van der Waals surface area contributed by atoms with Gasteiger partial charge in [-0.05, 0) is 38.3 Å². The molecule has 1 unspecified atom stereocenters. The van der Waals surface area contributed by atoms with E-state index < -0.39 is 5.54 Å². The number of aliphatic hydroxyl groups excluding tert-OH is 1. The molecule has 19 heavy (non-hydrogen) atoms. The van der Waals surface area contributed by atoms with Gasteiger partial charge in [-0.1, -0.05) is 19.8 Å². The molecule has 0 fully saturated rings. The fourth-order valence-electron chi connectivity index (χ4n) is 1.81. The summed E-state index contributed by atoms with van der Waals surface area (Å²) >= 11 is 1.56. The number of rotatable bonds is 9. The summed E-state index contributed by atoms with van der Waals surface area (Å²) in [6.45, 7) is 3.97. The van der Waals surface area contributed by atoms with E-state index >= 15 is 0 Å². The van der Waals surface area contributed by atoms with Crippen LogP contribution in [0.15, 0.2) is 12.1 Å². The number of carbonyl (C=O) groups excluding carboxylic acids is 1. The Labute approximate surface area is 119 Å². The molecule has 0 aliphatic rings. The Bertz CT molecular complexity index is 399. The van der Waals surface area contributed by atoms with E-state index in [-0.39, 0.29) is 12.4 Å². The average molecular weight is 283 g/mol. The van der Waals surface area contributed by atoms with Crippen molar-refractivity contribution in [3.63, 3.8) is 0 Å². The van der Waals surface area contributed by atoms with Gasteiger partial charge in [0.25, 0.3) is 0 Å². The van der Waals surface area contributed by atoms with Crippen LogP contribution in [0.5, 0.6) is 0 Å². The molecule has 3 nitrogen and oxygen atoms in total. The highest BCUT2D eigenvalue weighted by atomic mass is 32.1. The van der Waals surface area contributed by atoms with Crippen molar-refractivity contribution in [2.24, 2.45) is 5.73 Å². The van der Waals surface area contributed by atoms with Crippen LogP contribution in [0.2, 0.25) is 0 Å². The number of unbranched alkanes of at least 4 members (excludes halogenated alkanes) is 2. The van der Waals surface area contributed by atoms with Crippen LogP contribution in [0.25, 0.3) is 0 Å². The zero-order valence-electron chi connectivity index (χ0n) is 11.9. The second kappa shape index (κ2) is 7.78. The monoisotopic (exact) mass is 283 g/mol. The molecule has 1 aromatic rings. The number of nitrogens with two attached hydrogens (primary N) is 1. The second-order valence-corrected chi connectivity index (χ2v) is 6.63. The average Bonchev–Trinajstić information content (AvgIpc) is 2.86. The highest BCUT2D eigenvalue weighted by molar-refractivity contribution is 7.14. The zero-order chi connectivity index (χ0) is 14.3. The number of hydrogen-bond donors (Lipinski definition) is 2. The summed E-state index contributed by atoms with van der Waals surface area (Å²) in [7, 11) is 0. The number of ketones is 1. The predicted molar refractivity (Wildman–Crippen MR) is 80.8 cm³/mol. The SMILES string of the molecule is CCCCCC(=O)c1ccc(CCC(C)(N)CO)s1. The first-order chi connectivity index (χ1) is 8.98.